The van der Waals surface area contributed by atoms with E-state index >= 15 is 0 Å². The molecule has 0 amide bonds. The standard InChI is InChI=1S/C21H33N5O10/c1-9(2-3-22-18-12-19(24-7-23-12)26-8-25-18)4-33-6-11-14(29)15(30)17(32)21(35-11)36-20-16(31)13(28)10(27)5-34-20/h7-11,13-17,20-21,27-32H,2-6H2,1H3,(H2,22,23,24,25,26)/t9?,10-,11-,13-,14-,15+,16-,17-,20?,21?/m1/s1. The number of hydrogen-bond acceptors (Lipinski definition) is 14. The van der Waals surface area contributed by atoms with Crippen LogP contribution in [-0.4, -0.2) is 132 Å². The van der Waals surface area contributed by atoms with Crippen molar-refractivity contribution >= 4 is 17.0 Å². The number of aromatic nitrogens is 4. The second-order valence-corrected chi connectivity index (χ2v) is 9.08. The van der Waals surface area contributed by atoms with E-state index in [1.165, 1.54) is 6.33 Å². The van der Waals surface area contributed by atoms with Gasteiger partial charge >= 0.3 is 0 Å². The smallest absolute Gasteiger partial charge is 0.189 e. The van der Waals surface area contributed by atoms with Crippen LogP contribution in [0.25, 0.3) is 11.2 Å². The van der Waals surface area contributed by atoms with Crippen molar-refractivity contribution in [2.45, 2.75) is 68.7 Å². The molecule has 15 heteroatoms. The first kappa shape index (κ1) is 27.0. The average Bonchev–Trinajstić information content (AvgIpc) is 3.35. The van der Waals surface area contributed by atoms with Gasteiger partial charge in [0.05, 0.1) is 19.5 Å². The Morgan fingerprint density at radius 2 is 1.81 bits per heavy atom. The maximum atomic E-state index is 10.3. The number of nitrogens with zero attached hydrogens (tertiary/aromatic N) is 3. The summed E-state index contributed by atoms with van der Waals surface area (Å²) in [5.74, 6) is 0.774. The quantitative estimate of drug-likeness (QED) is 0.159. The molecular formula is C21H33N5O10. The van der Waals surface area contributed by atoms with E-state index in [9.17, 15) is 30.6 Å². The number of aliphatic hydroxyl groups is 6. The molecule has 0 radical (unpaired) electrons. The number of anilines is 1. The lowest BCUT2D eigenvalue weighted by molar-refractivity contribution is -0.365. The Morgan fingerprint density at radius 3 is 2.61 bits per heavy atom. The van der Waals surface area contributed by atoms with Crippen LogP contribution in [0.4, 0.5) is 5.82 Å². The minimum atomic E-state index is -1.65. The largest absolute Gasteiger partial charge is 0.388 e. The third kappa shape index (κ3) is 6.08. The van der Waals surface area contributed by atoms with Crippen molar-refractivity contribution in [1.82, 2.24) is 19.9 Å². The van der Waals surface area contributed by atoms with Crippen molar-refractivity contribution < 1.29 is 49.6 Å². The van der Waals surface area contributed by atoms with Crippen LogP contribution in [0, 0.1) is 5.92 Å². The van der Waals surface area contributed by atoms with E-state index in [4.69, 9.17) is 18.9 Å². The Labute approximate surface area is 206 Å². The first-order valence-corrected chi connectivity index (χ1v) is 11.7. The molecule has 0 bridgehead atoms. The molecule has 2 aliphatic heterocycles. The molecule has 2 aliphatic rings. The van der Waals surface area contributed by atoms with Gasteiger partial charge in [-0.2, -0.15) is 0 Å². The highest BCUT2D eigenvalue weighted by Gasteiger charge is 2.47. The van der Waals surface area contributed by atoms with Gasteiger partial charge in [-0.05, 0) is 12.3 Å². The van der Waals surface area contributed by atoms with E-state index in [1.54, 1.807) is 6.33 Å². The number of ether oxygens (including phenoxy) is 4. The van der Waals surface area contributed by atoms with Crippen molar-refractivity contribution in [3.63, 3.8) is 0 Å². The fourth-order valence-corrected chi connectivity index (χ4v) is 4.00. The zero-order chi connectivity index (χ0) is 25.8. The zero-order valence-corrected chi connectivity index (χ0v) is 19.6. The molecule has 15 nitrogen and oxygen atoms in total. The molecule has 10 atom stereocenters. The van der Waals surface area contributed by atoms with E-state index in [0.29, 0.717) is 24.6 Å². The highest BCUT2D eigenvalue weighted by Crippen LogP contribution is 2.26. The van der Waals surface area contributed by atoms with Crippen LogP contribution in [0.5, 0.6) is 0 Å². The third-order valence-electron chi connectivity index (χ3n) is 6.23. The fraction of sp³-hybridized carbons (Fsp3) is 0.762. The molecule has 2 aromatic heterocycles. The molecule has 202 valence electrons. The minimum Gasteiger partial charge on any atom is -0.388 e. The first-order valence-electron chi connectivity index (χ1n) is 11.7. The molecule has 0 spiro atoms. The number of H-pyrrole nitrogens is 1. The zero-order valence-electron chi connectivity index (χ0n) is 19.6. The van der Waals surface area contributed by atoms with Crippen molar-refractivity contribution in [3.05, 3.63) is 12.7 Å². The van der Waals surface area contributed by atoms with E-state index < -0.39 is 55.3 Å². The number of aliphatic hydroxyl groups excluding tert-OH is 6. The molecule has 8 N–H and O–H groups in total. The van der Waals surface area contributed by atoms with Crippen molar-refractivity contribution in [2.24, 2.45) is 5.92 Å². The number of imidazole rings is 1. The SMILES string of the molecule is CC(CCNc1ncnc2nc[nH]c12)COC[C@H]1OC(OC2OC[C@@H](O)[C@@H](O)[C@H]2O)[C@H](O)[C@@H](O)[C@@H]1O. The maximum absolute atomic E-state index is 10.3. The predicted octanol–water partition coefficient (Wildman–Crippen LogP) is -2.93. The van der Waals surface area contributed by atoms with Crippen LogP contribution in [0.1, 0.15) is 13.3 Å². The molecule has 2 saturated heterocycles. The summed E-state index contributed by atoms with van der Waals surface area (Å²) in [6.45, 7) is 2.52. The first-order chi connectivity index (χ1) is 17.3. The van der Waals surface area contributed by atoms with Gasteiger partial charge in [0.1, 0.15) is 54.6 Å². The van der Waals surface area contributed by atoms with Gasteiger partial charge in [0.15, 0.2) is 24.0 Å². The van der Waals surface area contributed by atoms with Crippen molar-refractivity contribution in [1.29, 1.82) is 0 Å². The van der Waals surface area contributed by atoms with Gasteiger partial charge in [-0.3, -0.25) is 0 Å². The van der Waals surface area contributed by atoms with E-state index in [2.05, 4.69) is 25.3 Å². The lowest BCUT2D eigenvalue weighted by Crippen LogP contribution is -2.62. The summed E-state index contributed by atoms with van der Waals surface area (Å²) in [5, 5.41) is 63.4. The molecular weight excluding hydrogens is 482 g/mol. The average molecular weight is 516 g/mol. The molecule has 0 aliphatic carbocycles. The number of nitrogens with one attached hydrogen (secondary N) is 2. The summed E-state index contributed by atoms with van der Waals surface area (Å²) >= 11 is 0. The van der Waals surface area contributed by atoms with Crippen molar-refractivity contribution in [2.75, 3.05) is 31.7 Å². The fourth-order valence-electron chi connectivity index (χ4n) is 4.00. The third-order valence-corrected chi connectivity index (χ3v) is 6.23. The summed E-state index contributed by atoms with van der Waals surface area (Å²) in [6, 6.07) is 0. The summed E-state index contributed by atoms with van der Waals surface area (Å²) in [6.07, 6.45) is -9.34. The second kappa shape index (κ2) is 12.0. The summed E-state index contributed by atoms with van der Waals surface area (Å²) < 4.78 is 21.8. The Bertz CT molecular complexity index is 968. The molecule has 2 aromatic rings. The summed E-state index contributed by atoms with van der Waals surface area (Å²) in [7, 11) is 0. The van der Waals surface area contributed by atoms with Gasteiger partial charge in [-0.25, -0.2) is 15.0 Å². The van der Waals surface area contributed by atoms with Gasteiger partial charge in [-0.15, -0.1) is 0 Å². The van der Waals surface area contributed by atoms with Gasteiger partial charge in [0, 0.05) is 13.2 Å². The summed E-state index contributed by atoms with van der Waals surface area (Å²) in [5.41, 5.74) is 1.29. The summed E-state index contributed by atoms with van der Waals surface area (Å²) in [4.78, 5) is 15.4. The Kier molecular flexibility index (Phi) is 9.00. The normalized spacial score (nSPS) is 36.1. The molecule has 3 unspecified atom stereocenters. The molecule has 4 heterocycles. The van der Waals surface area contributed by atoms with Gasteiger partial charge < -0.3 is 59.9 Å². The Hall–Kier alpha value is -2.05. The lowest BCUT2D eigenvalue weighted by atomic mass is 9.99. The topological polar surface area (TPSA) is 225 Å². The van der Waals surface area contributed by atoms with E-state index in [0.717, 1.165) is 11.9 Å². The molecule has 4 rings (SSSR count). The number of fused-ring (bicyclic) bond motifs is 1. The van der Waals surface area contributed by atoms with Gasteiger partial charge in [-0.1, -0.05) is 6.92 Å². The van der Waals surface area contributed by atoms with Gasteiger partial charge in [0.2, 0.25) is 0 Å². The minimum absolute atomic E-state index is 0.0985. The highest BCUT2D eigenvalue weighted by molar-refractivity contribution is 5.81. The van der Waals surface area contributed by atoms with Crippen LogP contribution < -0.4 is 5.32 Å². The van der Waals surface area contributed by atoms with Gasteiger partial charge in [0.25, 0.3) is 0 Å². The van der Waals surface area contributed by atoms with E-state index in [1.807, 2.05) is 6.92 Å². The maximum Gasteiger partial charge on any atom is 0.189 e. The molecule has 36 heavy (non-hydrogen) atoms. The Morgan fingerprint density at radius 1 is 1.03 bits per heavy atom. The van der Waals surface area contributed by atoms with E-state index in [-0.39, 0.29) is 19.1 Å². The van der Waals surface area contributed by atoms with Crippen molar-refractivity contribution in [3.8, 4) is 0 Å². The highest BCUT2D eigenvalue weighted by atomic mass is 16.8. The van der Waals surface area contributed by atoms with Crippen LogP contribution in [0.15, 0.2) is 12.7 Å². The second-order valence-electron chi connectivity index (χ2n) is 9.08. The number of aromatic amines is 1. The van der Waals surface area contributed by atoms with Crippen LogP contribution in [0.2, 0.25) is 0 Å². The molecule has 0 aromatic carbocycles. The number of rotatable bonds is 10. The lowest BCUT2D eigenvalue weighted by Gasteiger charge is -2.43. The number of hydrogen-bond donors (Lipinski definition) is 8. The predicted molar refractivity (Wildman–Crippen MR) is 120 cm³/mol. The monoisotopic (exact) mass is 515 g/mol. The van der Waals surface area contributed by atoms with Crippen LogP contribution in [0.3, 0.4) is 0 Å². The van der Waals surface area contributed by atoms with Crippen LogP contribution >= 0.6 is 0 Å². The molecule has 0 saturated carbocycles. The Balaban J connectivity index is 1.22. The molecule has 2 fully saturated rings. The van der Waals surface area contributed by atoms with Crippen LogP contribution in [-0.2, 0) is 18.9 Å².